The van der Waals surface area contributed by atoms with Gasteiger partial charge in [0, 0.05) is 6.08 Å². The number of carboxylic acid groups (broad SMARTS) is 3. The number of rotatable bonds is 5. The quantitative estimate of drug-likeness (QED) is 0.483. The number of carbonyl (C=O) groups excluding carboxylic acids is 1. The Labute approximate surface area is 118 Å². The summed E-state index contributed by atoms with van der Waals surface area (Å²) in [5.41, 5.74) is -3.38. The van der Waals surface area contributed by atoms with E-state index in [1.54, 1.807) is 0 Å². The predicted octanol–water partition coefficient (Wildman–Crippen LogP) is 0.211. The van der Waals surface area contributed by atoms with Crippen LogP contribution in [0.15, 0.2) is 36.0 Å². The lowest BCUT2D eigenvalue weighted by Gasteiger charge is -2.34. The maximum Gasteiger partial charge on any atom is 0.336 e. The van der Waals surface area contributed by atoms with Crippen LogP contribution < -0.4 is 0 Å². The summed E-state index contributed by atoms with van der Waals surface area (Å²) >= 11 is 0. The van der Waals surface area contributed by atoms with Crippen LogP contribution in [0.4, 0.5) is 0 Å². The van der Waals surface area contributed by atoms with Crippen molar-refractivity contribution in [1.29, 1.82) is 0 Å². The van der Waals surface area contributed by atoms with E-state index in [0.29, 0.717) is 0 Å². The van der Waals surface area contributed by atoms with E-state index in [9.17, 15) is 24.3 Å². The molecule has 21 heavy (non-hydrogen) atoms. The Bertz CT molecular complexity index is 597. The van der Waals surface area contributed by atoms with E-state index in [1.807, 2.05) is 0 Å². The van der Waals surface area contributed by atoms with E-state index in [2.05, 4.69) is 6.58 Å². The molecule has 112 valence electrons. The third kappa shape index (κ3) is 2.83. The molecule has 0 aliphatic heterocycles. The lowest BCUT2D eigenvalue weighted by atomic mass is 9.75. The molecule has 0 aromatic heterocycles. The van der Waals surface area contributed by atoms with Gasteiger partial charge in [0.05, 0.1) is 11.1 Å². The molecule has 3 N–H and O–H groups in total. The van der Waals surface area contributed by atoms with Crippen molar-refractivity contribution in [2.24, 2.45) is 5.41 Å². The molecule has 0 fully saturated rings. The molecule has 0 radical (unpaired) electrons. The standard InChI is InChI=1S/C13H12O8/c1-3-7(14)21-9-8(11(17)18)6(10(15)16)4-5-13(9,2)12(19)20/h3-5,9H,1H2,2H3,(H,15,16)(H,17,18)(H,19,20). The van der Waals surface area contributed by atoms with Gasteiger partial charge in [-0.2, -0.15) is 0 Å². The van der Waals surface area contributed by atoms with Gasteiger partial charge >= 0.3 is 23.9 Å². The fraction of sp³-hybridized carbons (Fsp3) is 0.231. The highest BCUT2D eigenvalue weighted by molar-refractivity contribution is 6.04. The summed E-state index contributed by atoms with van der Waals surface area (Å²) in [6.45, 7) is 4.24. The lowest BCUT2D eigenvalue weighted by Crippen LogP contribution is -2.46. The van der Waals surface area contributed by atoms with Gasteiger partial charge in [0.2, 0.25) is 0 Å². The first-order valence-electron chi connectivity index (χ1n) is 5.61. The highest BCUT2D eigenvalue weighted by Gasteiger charge is 2.49. The minimum atomic E-state index is -1.91. The van der Waals surface area contributed by atoms with Gasteiger partial charge < -0.3 is 20.1 Å². The van der Waals surface area contributed by atoms with Crippen LogP contribution in [0.25, 0.3) is 0 Å². The van der Waals surface area contributed by atoms with E-state index in [-0.39, 0.29) is 0 Å². The second kappa shape index (κ2) is 5.61. The van der Waals surface area contributed by atoms with E-state index in [0.717, 1.165) is 25.2 Å². The van der Waals surface area contributed by atoms with Gasteiger partial charge in [-0.15, -0.1) is 0 Å². The summed E-state index contributed by atoms with van der Waals surface area (Å²) in [5, 5.41) is 27.4. The molecular formula is C13H12O8. The fourth-order valence-corrected chi connectivity index (χ4v) is 1.82. The Hall–Kier alpha value is -2.90. The number of esters is 1. The molecule has 2 unspecified atom stereocenters. The molecule has 1 aliphatic carbocycles. The third-order valence-corrected chi connectivity index (χ3v) is 3.02. The number of aliphatic carboxylic acids is 3. The van der Waals surface area contributed by atoms with Crippen molar-refractivity contribution in [3.05, 3.63) is 36.0 Å². The summed E-state index contributed by atoms with van der Waals surface area (Å²) in [5.74, 6) is -5.79. The molecule has 0 saturated heterocycles. The van der Waals surface area contributed by atoms with Crippen molar-refractivity contribution < 1.29 is 39.2 Å². The van der Waals surface area contributed by atoms with Gasteiger partial charge in [0.1, 0.15) is 5.41 Å². The first kappa shape index (κ1) is 16.2. The van der Waals surface area contributed by atoms with Crippen molar-refractivity contribution in [2.45, 2.75) is 13.0 Å². The van der Waals surface area contributed by atoms with Gasteiger partial charge in [0.25, 0.3) is 0 Å². The number of ether oxygens (including phenoxy) is 1. The Morgan fingerprint density at radius 1 is 1.24 bits per heavy atom. The summed E-state index contributed by atoms with van der Waals surface area (Å²) < 4.78 is 4.78. The van der Waals surface area contributed by atoms with E-state index >= 15 is 0 Å². The molecule has 8 nitrogen and oxygen atoms in total. The molecule has 0 aromatic rings. The van der Waals surface area contributed by atoms with Crippen LogP contribution in [0.5, 0.6) is 0 Å². The Morgan fingerprint density at radius 3 is 2.19 bits per heavy atom. The number of carbonyl (C=O) groups is 4. The first-order chi connectivity index (χ1) is 9.65. The molecule has 1 aliphatic rings. The molecule has 0 spiro atoms. The maximum absolute atomic E-state index is 11.4. The van der Waals surface area contributed by atoms with Crippen LogP contribution in [-0.2, 0) is 23.9 Å². The van der Waals surface area contributed by atoms with Gasteiger partial charge in [-0.25, -0.2) is 14.4 Å². The Morgan fingerprint density at radius 2 is 1.81 bits per heavy atom. The predicted molar refractivity (Wildman–Crippen MR) is 67.3 cm³/mol. The van der Waals surface area contributed by atoms with Gasteiger partial charge in [-0.3, -0.25) is 4.79 Å². The zero-order valence-corrected chi connectivity index (χ0v) is 10.9. The number of hydrogen-bond donors (Lipinski definition) is 3. The van der Waals surface area contributed by atoms with Crippen molar-refractivity contribution in [2.75, 3.05) is 0 Å². The molecule has 0 aromatic carbocycles. The molecule has 0 amide bonds. The summed E-state index contributed by atoms with van der Waals surface area (Å²) in [7, 11) is 0. The smallest absolute Gasteiger partial charge is 0.336 e. The Balaban J connectivity index is 3.54. The van der Waals surface area contributed by atoms with E-state index < -0.39 is 46.5 Å². The highest BCUT2D eigenvalue weighted by atomic mass is 16.5. The summed E-state index contributed by atoms with van der Waals surface area (Å²) in [6, 6.07) is 0. The van der Waals surface area contributed by atoms with Crippen LogP contribution in [-0.4, -0.2) is 45.3 Å². The molecule has 8 heteroatoms. The largest absolute Gasteiger partial charge is 0.480 e. The topological polar surface area (TPSA) is 138 Å². The average molecular weight is 296 g/mol. The van der Waals surface area contributed by atoms with E-state index in [1.165, 1.54) is 0 Å². The van der Waals surface area contributed by atoms with Crippen LogP contribution >= 0.6 is 0 Å². The van der Waals surface area contributed by atoms with Gasteiger partial charge in [0.15, 0.2) is 6.10 Å². The van der Waals surface area contributed by atoms with Crippen molar-refractivity contribution in [1.82, 2.24) is 0 Å². The molecule has 0 heterocycles. The molecule has 0 bridgehead atoms. The molecule has 1 rings (SSSR count). The normalized spacial score (nSPS) is 24.3. The average Bonchev–Trinajstić information content (AvgIpc) is 2.39. The molecule has 0 saturated carbocycles. The molecular weight excluding hydrogens is 284 g/mol. The van der Waals surface area contributed by atoms with Crippen LogP contribution in [0.1, 0.15) is 6.92 Å². The first-order valence-corrected chi connectivity index (χ1v) is 5.61. The minimum Gasteiger partial charge on any atom is -0.480 e. The SMILES string of the molecule is C=CC(=O)OC1C(C(=O)O)=C(C(=O)O)C=CC1(C)C(=O)O. The third-order valence-electron chi connectivity index (χ3n) is 3.02. The number of carboxylic acids is 3. The maximum atomic E-state index is 11.4. The highest BCUT2D eigenvalue weighted by Crippen LogP contribution is 2.37. The lowest BCUT2D eigenvalue weighted by molar-refractivity contribution is -0.159. The Kier molecular flexibility index (Phi) is 4.32. The van der Waals surface area contributed by atoms with Gasteiger partial charge in [-0.05, 0) is 13.0 Å². The van der Waals surface area contributed by atoms with Crippen molar-refractivity contribution in [3.8, 4) is 0 Å². The zero-order chi connectivity index (χ0) is 16.4. The second-order valence-electron chi connectivity index (χ2n) is 4.38. The van der Waals surface area contributed by atoms with Crippen LogP contribution in [0, 0.1) is 5.41 Å². The van der Waals surface area contributed by atoms with Crippen molar-refractivity contribution >= 4 is 23.9 Å². The minimum absolute atomic E-state index is 0.650. The second-order valence-corrected chi connectivity index (χ2v) is 4.38. The fourth-order valence-electron chi connectivity index (χ4n) is 1.82. The van der Waals surface area contributed by atoms with Crippen molar-refractivity contribution in [3.63, 3.8) is 0 Å². The molecule has 2 atom stereocenters. The zero-order valence-electron chi connectivity index (χ0n) is 10.9. The van der Waals surface area contributed by atoms with Crippen LogP contribution in [0.2, 0.25) is 0 Å². The summed E-state index contributed by atoms with van der Waals surface area (Å²) in [6.07, 6.45) is 0.777. The van der Waals surface area contributed by atoms with E-state index in [4.69, 9.17) is 14.9 Å². The van der Waals surface area contributed by atoms with Crippen LogP contribution in [0.3, 0.4) is 0 Å². The monoisotopic (exact) mass is 296 g/mol. The number of hydrogen-bond acceptors (Lipinski definition) is 5. The summed E-state index contributed by atoms with van der Waals surface area (Å²) in [4.78, 5) is 45.0. The van der Waals surface area contributed by atoms with Gasteiger partial charge in [-0.1, -0.05) is 12.7 Å².